The number of nitrogens with one attached hydrogen (secondary N) is 2. The molecule has 0 radical (unpaired) electrons. The number of carbonyl (C=O) groups is 1. The fourth-order valence-corrected chi connectivity index (χ4v) is 3.89. The summed E-state index contributed by atoms with van der Waals surface area (Å²) >= 11 is 5.94. The molecule has 0 atom stereocenters. The fourth-order valence-electron chi connectivity index (χ4n) is 2.62. The lowest BCUT2D eigenvalue weighted by atomic mass is 10.2. The molecule has 0 bridgehead atoms. The van der Waals surface area contributed by atoms with E-state index < -0.39 is 10.0 Å². The normalized spacial score (nSPS) is 11.0. The number of sulfonamides is 1. The predicted molar refractivity (Wildman–Crippen MR) is 113 cm³/mol. The summed E-state index contributed by atoms with van der Waals surface area (Å²) in [6, 6.07) is 19.5. The molecule has 0 saturated carbocycles. The van der Waals surface area contributed by atoms with E-state index >= 15 is 0 Å². The number of hydrogen-bond donors (Lipinski definition) is 2. The van der Waals surface area contributed by atoms with Gasteiger partial charge in [0.2, 0.25) is 0 Å². The zero-order valence-corrected chi connectivity index (χ0v) is 17.1. The van der Waals surface area contributed by atoms with Crippen molar-refractivity contribution in [1.29, 1.82) is 0 Å². The van der Waals surface area contributed by atoms with Crippen LogP contribution in [0.15, 0.2) is 77.7 Å². The largest absolute Gasteiger partial charge is 0.497 e. The molecule has 0 heterocycles. The summed E-state index contributed by atoms with van der Waals surface area (Å²) in [4.78, 5) is 12.5. The summed E-state index contributed by atoms with van der Waals surface area (Å²) in [7, 11) is -2.29. The van der Waals surface area contributed by atoms with Crippen molar-refractivity contribution in [3.63, 3.8) is 0 Å². The molecule has 1 amide bonds. The summed E-state index contributed by atoms with van der Waals surface area (Å²) in [6.45, 7) is 0.307. The van der Waals surface area contributed by atoms with Gasteiger partial charge in [0.05, 0.1) is 12.0 Å². The molecule has 3 aromatic rings. The van der Waals surface area contributed by atoms with Crippen LogP contribution in [0.5, 0.6) is 5.75 Å². The molecule has 0 aliphatic carbocycles. The Hall–Kier alpha value is -3.03. The van der Waals surface area contributed by atoms with Crippen LogP contribution in [0.25, 0.3) is 0 Å². The second-order valence-corrected chi connectivity index (χ2v) is 8.29. The van der Waals surface area contributed by atoms with Gasteiger partial charge in [-0.15, -0.1) is 0 Å². The van der Waals surface area contributed by atoms with Crippen molar-refractivity contribution in [1.82, 2.24) is 5.32 Å². The third kappa shape index (κ3) is 5.49. The van der Waals surface area contributed by atoms with Crippen LogP contribution in [0.4, 0.5) is 5.69 Å². The predicted octanol–water partition coefficient (Wildman–Crippen LogP) is 4.08. The van der Waals surface area contributed by atoms with Gasteiger partial charge >= 0.3 is 0 Å². The van der Waals surface area contributed by atoms with E-state index in [9.17, 15) is 13.2 Å². The van der Waals surface area contributed by atoms with Crippen LogP contribution in [0, 0.1) is 0 Å². The van der Waals surface area contributed by atoms with E-state index in [0.717, 1.165) is 5.56 Å². The second-order valence-electron chi connectivity index (χ2n) is 6.17. The maximum atomic E-state index is 12.6. The molecule has 150 valence electrons. The van der Waals surface area contributed by atoms with Crippen molar-refractivity contribution in [3.05, 3.63) is 88.9 Å². The van der Waals surface area contributed by atoms with Crippen LogP contribution in [0.1, 0.15) is 15.9 Å². The van der Waals surface area contributed by atoms with Gasteiger partial charge in [-0.3, -0.25) is 9.52 Å². The second kappa shape index (κ2) is 8.98. The molecule has 0 fully saturated rings. The first-order valence-electron chi connectivity index (χ1n) is 8.67. The molecule has 8 heteroatoms. The lowest BCUT2D eigenvalue weighted by molar-refractivity contribution is 0.0951. The number of amides is 1. The van der Waals surface area contributed by atoms with E-state index in [4.69, 9.17) is 16.3 Å². The highest BCUT2D eigenvalue weighted by molar-refractivity contribution is 7.92. The zero-order valence-electron chi connectivity index (χ0n) is 15.6. The Morgan fingerprint density at radius 1 is 1.00 bits per heavy atom. The summed E-state index contributed by atoms with van der Waals surface area (Å²) < 4.78 is 32.6. The lowest BCUT2D eigenvalue weighted by Crippen LogP contribution is -2.23. The van der Waals surface area contributed by atoms with Crippen LogP contribution in [-0.4, -0.2) is 21.4 Å². The van der Waals surface area contributed by atoms with E-state index in [2.05, 4.69) is 10.0 Å². The SMILES string of the molecule is COc1ccc(S(=O)(=O)Nc2cccc(C(=O)NCc3cccc(Cl)c3)c2)cc1. The van der Waals surface area contributed by atoms with Crippen molar-refractivity contribution in [2.24, 2.45) is 0 Å². The first kappa shape index (κ1) is 20.7. The molecule has 0 aliphatic rings. The van der Waals surface area contributed by atoms with Crippen LogP contribution >= 0.6 is 11.6 Å². The van der Waals surface area contributed by atoms with E-state index in [0.29, 0.717) is 22.9 Å². The van der Waals surface area contributed by atoms with Crippen LogP contribution < -0.4 is 14.8 Å². The highest BCUT2D eigenvalue weighted by Gasteiger charge is 2.15. The van der Waals surface area contributed by atoms with Crippen LogP contribution in [0.2, 0.25) is 5.02 Å². The van der Waals surface area contributed by atoms with Crippen molar-refractivity contribution < 1.29 is 17.9 Å². The number of halogens is 1. The summed E-state index contributed by atoms with van der Waals surface area (Å²) in [6.07, 6.45) is 0. The number of hydrogen-bond acceptors (Lipinski definition) is 4. The van der Waals surface area contributed by atoms with Gasteiger partial charge in [0.15, 0.2) is 0 Å². The van der Waals surface area contributed by atoms with Gasteiger partial charge in [-0.2, -0.15) is 0 Å². The van der Waals surface area contributed by atoms with E-state index in [1.807, 2.05) is 6.07 Å². The van der Waals surface area contributed by atoms with Crippen LogP contribution in [0.3, 0.4) is 0 Å². The maximum absolute atomic E-state index is 12.6. The first-order valence-corrected chi connectivity index (χ1v) is 10.5. The molecule has 29 heavy (non-hydrogen) atoms. The van der Waals surface area contributed by atoms with Crippen molar-refractivity contribution in [2.45, 2.75) is 11.4 Å². The van der Waals surface area contributed by atoms with Gasteiger partial charge in [-0.1, -0.05) is 29.8 Å². The fraction of sp³-hybridized carbons (Fsp3) is 0.0952. The summed E-state index contributed by atoms with van der Waals surface area (Å²) in [5.41, 5.74) is 1.49. The Bertz CT molecular complexity index is 1120. The molecule has 0 spiro atoms. The number of anilines is 1. The van der Waals surface area contributed by atoms with Gasteiger partial charge in [0.1, 0.15) is 5.75 Å². The van der Waals surface area contributed by atoms with E-state index in [-0.39, 0.29) is 16.5 Å². The van der Waals surface area contributed by atoms with Gasteiger partial charge < -0.3 is 10.1 Å². The van der Waals surface area contributed by atoms with Gasteiger partial charge in [-0.25, -0.2) is 8.42 Å². The Balaban J connectivity index is 1.70. The average Bonchev–Trinajstić information content (AvgIpc) is 2.72. The molecule has 3 aromatic carbocycles. The summed E-state index contributed by atoms with van der Waals surface area (Å²) in [5, 5.41) is 3.38. The lowest BCUT2D eigenvalue weighted by Gasteiger charge is -2.10. The number of carbonyl (C=O) groups excluding carboxylic acids is 1. The highest BCUT2D eigenvalue weighted by Crippen LogP contribution is 2.20. The Morgan fingerprint density at radius 2 is 1.72 bits per heavy atom. The molecule has 2 N–H and O–H groups in total. The Labute approximate surface area is 174 Å². The van der Waals surface area contributed by atoms with E-state index in [1.54, 1.807) is 48.5 Å². The first-order chi connectivity index (χ1) is 13.9. The zero-order chi connectivity index (χ0) is 20.9. The van der Waals surface area contributed by atoms with Gasteiger partial charge in [0, 0.05) is 22.8 Å². The molecule has 0 aliphatic heterocycles. The third-order valence-corrected chi connectivity index (χ3v) is 5.72. The van der Waals surface area contributed by atoms with E-state index in [1.165, 1.54) is 25.3 Å². The molecule has 0 aromatic heterocycles. The molecular formula is C21H19ClN2O4S. The quantitative estimate of drug-likeness (QED) is 0.591. The molecular weight excluding hydrogens is 412 g/mol. The molecule has 0 unspecified atom stereocenters. The number of benzene rings is 3. The minimum atomic E-state index is -3.79. The molecule has 0 saturated heterocycles. The number of rotatable bonds is 7. The number of ether oxygens (including phenoxy) is 1. The van der Waals surface area contributed by atoms with Crippen molar-refractivity contribution in [3.8, 4) is 5.75 Å². The standard InChI is InChI=1S/C21H19ClN2O4S/c1-28-19-8-10-20(11-9-19)29(26,27)24-18-7-3-5-16(13-18)21(25)23-14-15-4-2-6-17(22)12-15/h2-13,24H,14H2,1H3,(H,23,25). The minimum Gasteiger partial charge on any atom is -0.497 e. The average molecular weight is 431 g/mol. The van der Waals surface area contributed by atoms with Crippen molar-refractivity contribution >= 4 is 33.2 Å². The minimum absolute atomic E-state index is 0.0918. The highest BCUT2D eigenvalue weighted by atomic mass is 35.5. The van der Waals surface area contributed by atoms with Gasteiger partial charge in [-0.05, 0) is 60.2 Å². The Morgan fingerprint density at radius 3 is 2.41 bits per heavy atom. The Kier molecular flexibility index (Phi) is 6.41. The summed E-state index contributed by atoms with van der Waals surface area (Å²) in [5.74, 6) is 0.234. The van der Waals surface area contributed by atoms with Crippen LogP contribution in [-0.2, 0) is 16.6 Å². The maximum Gasteiger partial charge on any atom is 0.261 e. The monoisotopic (exact) mass is 430 g/mol. The number of methoxy groups -OCH3 is 1. The third-order valence-electron chi connectivity index (χ3n) is 4.09. The topological polar surface area (TPSA) is 84.5 Å². The smallest absolute Gasteiger partial charge is 0.261 e. The molecule has 3 rings (SSSR count). The molecule has 6 nitrogen and oxygen atoms in total. The van der Waals surface area contributed by atoms with Crippen molar-refractivity contribution in [2.75, 3.05) is 11.8 Å². The van der Waals surface area contributed by atoms with Gasteiger partial charge in [0.25, 0.3) is 15.9 Å².